The van der Waals surface area contributed by atoms with Gasteiger partial charge in [-0.25, -0.2) is 0 Å². The van der Waals surface area contributed by atoms with E-state index >= 15 is 0 Å². The van der Waals surface area contributed by atoms with E-state index in [1.165, 1.54) is 24.8 Å². The van der Waals surface area contributed by atoms with E-state index in [1.807, 2.05) is 11.8 Å². The molecule has 1 N–H and O–H groups in total. The lowest BCUT2D eigenvalue weighted by molar-refractivity contribution is 0.547. The Morgan fingerprint density at radius 3 is 2.85 bits per heavy atom. The number of thioether (sulfide) groups is 1. The molecular formula is C11H21NS. The molecule has 13 heavy (non-hydrogen) atoms. The van der Waals surface area contributed by atoms with Crippen LogP contribution < -0.4 is 5.32 Å². The van der Waals surface area contributed by atoms with Crippen LogP contribution >= 0.6 is 11.8 Å². The summed E-state index contributed by atoms with van der Waals surface area (Å²) in [6.07, 6.45) is 7.40. The minimum Gasteiger partial charge on any atom is -0.310 e. The number of hydrogen-bond acceptors (Lipinski definition) is 2. The van der Waals surface area contributed by atoms with Crippen LogP contribution in [0.25, 0.3) is 0 Å². The highest BCUT2D eigenvalue weighted by Crippen LogP contribution is 2.28. The van der Waals surface area contributed by atoms with E-state index in [-0.39, 0.29) is 0 Å². The van der Waals surface area contributed by atoms with Crippen molar-refractivity contribution in [1.29, 1.82) is 0 Å². The zero-order valence-corrected chi connectivity index (χ0v) is 9.62. The summed E-state index contributed by atoms with van der Waals surface area (Å²) in [4.78, 5) is 0. The minimum atomic E-state index is 0.751. The molecule has 0 spiro atoms. The molecule has 0 amide bonds. The number of nitrogens with one attached hydrogen (secondary N) is 1. The number of rotatable bonds is 5. The molecule has 0 aromatic carbocycles. The van der Waals surface area contributed by atoms with Gasteiger partial charge >= 0.3 is 0 Å². The Hall–Kier alpha value is 0.0500. The van der Waals surface area contributed by atoms with Crippen LogP contribution in [0.2, 0.25) is 0 Å². The smallest absolute Gasteiger partial charge is 0.0164 e. The molecule has 1 saturated carbocycles. The summed E-state index contributed by atoms with van der Waals surface area (Å²) in [5.74, 6) is 0. The molecule has 2 unspecified atom stereocenters. The first kappa shape index (κ1) is 11.1. The summed E-state index contributed by atoms with van der Waals surface area (Å²) in [5, 5.41) is 4.48. The Morgan fingerprint density at radius 1 is 1.54 bits per heavy atom. The summed E-state index contributed by atoms with van der Waals surface area (Å²) in [5.41, 5.74) is 1.33. The molecule has 2 atom stereocenters. The average Bonchev–Trinajstić information content (AvgIpc) is 2.61. The molecule has 0 heterocycles. The second-order valence-electron chi connectivity index (χ2n) is 3.85. The highest BCUT2D eigenvalue weighted by Gasteiger charge is 2.22. The lowest BCUT2D eigenvalue weighted by Crippen LogP contribution is -2.28. The normalized spacial score (nSPS) is 27.8. The third kappa shape index (κ3) is 3.74. The van der Waals surface area contributed by atoms with Gasteiger partial charge in [0.1, 0.15) is 0 Å². The topological polar surface area (TPSA) is 12.0 Å². The summed E-state index contributed by atoms with van der Waals surface area (Å²) < 4.78 is 0. The fourth-order valence-corrected chi connectivity index (χ4v) is 2.55. The maximum Gasteiger partial charge on any atom is 0.0164 e. The van der Waals surface area contributed by atoms with Gasteiger partial charge in [-0.1, -0.05) is 19.1 Å². The van der Waals surface area contributed by atoms with Crippen molar-refractivity contribution in [2.45, 2.75) is 43.9 Å². The third-order valence-corrected chi connectivity index (χ3v) is 3.95. The highest BCUT2D eigenvalue weighted by atomic mass is 32.2. The summed E-state index contributed by atoms with van der Waals surface area (Å²) in [7, 11) is 0. The van der Waals surface area contributed by atoms with E-state index in [4.69, 9.17) is 0 Å². The maximum atomic E-state index is 4.01. The summed E-state index contributed by atoms with van der Waals surface area (Å²) in [6.45, 7) is 7.19. The zero-order valence-electron chi connectivity index (χ0n) is 8.81. The fourth-order valence-electron chi connectivity index (χ4n) is 1.75. The van der Waals surface area contributed by atoms with Gasteiger partial charge in [0, 0.05) is 17.8 Å². The molecule has 0 saturated heterocycles. The van der Waals surface area contributed by atoms with Crippen molar-refractivity contribution in [2.24, 2.45) is 0 Å². The van der Waals surface area contributed by atoms with E-state index in [0.717, 1.165) is 24.3 Å². The standard InChI is InChI=1S/C11H21NS/c1-4-9(2)8-12-10-5-6-11(7-10)13-3/h10-12H,2,4-8H2,1,3H3. The Balaban J connectivity index is 2.13. The Kier molecular flexibility index (Phi) is 4.89. The van der Waals surface area contributed by atoms with E-state index in [2.05, 4.69) is 25.1 Å². The summed E-state index contributed by atoms with van der Waals surface area (Å²) in [6, 6.07) is 0.751. The largest absolute Gasteiger partial charge is 0.310 e. The molecule has 0 bridgehead atoms. The molecule has 1 aliphatic rings. The minimum absolute atomic E-state index is 0.751. The maximum absolute atomic E-state index is 4.01. The van der Waals surface area contributed by atoms with Gasteiger partial charge < -0.3 is 5.32 Å². The second kappa shape index (κ2) is 5.71. The Labute approximate surface area is 86.4 Å². The lowest BCUT2D eigenvalue weighted by Gasteiger charge is -2.13. The first-order chi connectivity index (χ1) is 6.26. The van der Waals surface area contributed by atoms with Gasteiger partial charge in [-0.3, -0.25) is 0 Å². The first-order valence-electron chi connectivity index (χ1n) is 5.19. The monoisotopic (exact) mass is 199 g/mol. The molecule has 1 aliphatic carbocycles. The third-order valence-electron chi connectivity index (χ3n) is 2.86. The van der Waals surface area contributed by atoms with Crippen LogP contribution in [0.5, 0.6) is 0 Å². The van der Waals surface area contributed by atoms with Gasteiger partial charge in [0.25, 0.3) is 0 Å². The van der Waals surface area contributed by atoms with Gasteiger partial charge in [-0.05, 0) is 31.9 Å². The molecule has 0 radical (unpaired) electrons. The summed E-state index contributed by atoms with van der Waals surface area (Å²) >= 11 is 2.01. The molecule has 0 aromatic rings. The van der Waals surface area contributed by atoms with Crippen molar-refractivity contribution in [1.82, 2.24) is 5.32 Å². The molecule has 2 heteroatoms. The van der Waals surface area contributed by atoms with E-state index in [0.29, 0.717) is 0 Å². The van der Waals surface area contributed by atoms with E-state index < -0.39 is 0 Å². The van der Waals surface area contributed by atoms with Crippen molar-refractivity contribution in [3.05, 3.63) is 12.2 Å². The van der Waals surface area contributed by atoms with E-state index in [9.17, 15) is 0 Å². The van der Waals surface area contributed by atoms with Crippen molar-refractivity contribution in [3.63, 3.8) is 0 Å². The van der Waals surface area contributed by atoms with Crippen molar-refractivity contribution in [3.8, 4) is 0 Å². The van der Waals surface area contributed by atoms with Gasteiger partial charge in [0.2, 0.25) is 0 Å². The van der Waals surface area contributed by atoms with Gasteiger partial charge in [-0.15, -0.1) is 0 Å². The SMILES string of the molecule is C=C(CC)CNC1CCC(SC)C1. The van der Waals surface area contributed by atoms with Gasteiger partial charge in [0.15, 0.2) is 0 Å². The highest BCUT2D eigenvalue weighted by molar-refractivity contribution is 7.99. The van der Waals surface area contributed by atoms with Crippen LogP contribution in [0, 0.1) is 0 Å². The van der Waals surface area contributed by atoms with Gasteiger partial charge in [0.05, 0.1) is 0 Å². The molecule has 0 aromatic heterocycles. The first-order valence-corrected chi connectivity index (χ1v) is 6.47. The molecule has 1 fully saturated rings. The molecule has 1 nitrogen and oxygen atoms in total. The Morgan fingerprint density at radius 2 is 2.31 bits per heavy atom. The Bertz CT molecular complexity index is 167. The predicted octanol–water partition coefficient (Wildman–Crippen LogP) is 2.83. The molecule has 76 valence electrons. The van der Waals surface area contributed by atoms with Crippen LogP contribution in [0.1, 0.15) is 32.6 Å². The fraction of sp³-hybridized carbons (Fsp3) is 0.818. The lowest BCUT2D eigenvalue weighted by atomic mass is 10.2. The van der Waals surface area contributed by atoms with Crippen molar-refractivity contribution in [2.75, 3.05) is 12.8 Å². The molecule has 1 rings (SSSR count). The van der Waals surface area contributed by atoms with Crippen molar-refractivity contribution >= 4 is 11.8 Å². The van der Waals surface area contributed by atoms with Crippen LogP contribution in [0.3, 0.4) is 0 Å². The van der Waals surface area contributed by atoms with Crippen LogP contribution in [0.15, 0.2) is 12.2 Å². The van der Waals surface area contributed by atoms with Gasteiger partial charge in [-0.2, -0.15) is 11.8 Å². The zero-order chi connectivity index (χ0) is 9.68. The van der Waals surface area contributed by atoms with Crippen molar-refractivity contribution < 1.29 is 0 Å². The van der Waals surface area contributed by atoms with E-state index in [1.54, 1.807) is 0 Å². The average molecular weight is 199 g/mol. The van der Waals surface area contributed by atoms with Crippen LogP contribution in [0.4, 0.5) is 0 Å². The predicted molar refractivity (Wildman–Crippen MR) is 62.4 cm³/mol. The number of hydrogen-bond donors (Lipinski definition) is 1. The quantitative estimate of drug-likeness (QED) is 0.683. The molecular weight excluding hydrogens is 178 g/mol. The second-order valence-corrected chi connectivity index (χ2v) is 4.99. The van der Waals surface area contributed by atoms with Crippen LogP contribution in [-0.4, -0.2) is 24.1 Å². The van der Waals surface area contributed by atoms with Crippen LogP contribution in [-0.2, 0) is 0 Å². The molecule has 0 aliphatic heterocycles.